The summed E-state index contributed by atoms with van der Waals surface area (Å²) in [5.74, 6) is 0.106. The lowest BCUT2D eigenvalue weighted by Crippen LogP contribution is -2.45. The maximum Gasteiger partial charge on any atom is 0.261 e. The summed E-state index contributed by atoms with van der Waals surface area (Å²) < 4.78 is 5.64. The summed E-state index contributed by atoms with van der Waals surface area (Å²) in [4.78, 5) is 40.6. The predicted octanol–water partition coefficient (Wildman–Crippen LogP) is 4.13. The van der Waals surface area contributed by atoms with Gasteiger partial charge in [0.05, 0.1) is 0 Å². The molecule has 2 aromatic rings. The molecule has 0 bridgehead atoms. The highest BCUT2D eigenvalue weighted by atomic mass is 35.5. The van der Waals surface area contributed by atoms with E-state index in [1.807, 2.05) is 12.1 Å². The number of carbonyl (C=O) groups excluding carboxylic acids is 3. The minimum Gasteiger partial charge on any atom is -0.484 e. The van der Waals surface area contributed by atoms with Crippen LogP contribution in [-0.2, 0) is 14.4 Å². The molecule has 3 amide bonds. The van der Waals surface area contributed by atoms with Crippen molar-refractivity contribution in [1.29, 1.82) is 0 Å². The topological polar surface area (TPSA) is 79.0 Å². The first-order valence-corrected chi connectivity index (χ1v) is 11.3. The van der Waals surface area contributed by atoms with Crippen LogP contribution in [0.2, 0.25) is 10.0 Å². The summed E-state index contributed by atoms with van der Waals surface area (Å²) in [5, 5.41) is 3.62. The van der Waals surface area contributed by atoms with Crippen LogP contribution in [0.25, 0.3) is 0 Å². The summed E-state index contributed by atoms with van der Waals surface area (Å²) in [6.45, 7) is 1.04. The Balaban J connectivity index is 1.33. The molecule has 0 aliphatic carbocycles. The quantitative estimate of drug-likeness (QED) is 0.680. The molecule has 7 nitrogen and oxygen atoms in total. The largest absolute Gasteiger partial charge is 0.484 e. The number of anilines is 2. The zero-order chi connectivity index (χ0) is 22.7. The Bertz CT molecular complexity index is 1010. The van der Waals surface area contributed by atoms with E-state index in [1.54, 1.807) is 40.1 Å². The fourth-order valence-corrected chi connectivity index (χ4v) is 4.59. The van der Waals surface area contributed by atoms with Gasteiger partial charge in [-0.2, -0.15) is 0 Å². The average molecular weight is 476 g/mol. The average Bonchev–Trinajstić information content (AvgIpc) is 3.41. The van der Waals surface area contributed by atoms with Gasteiger partial charge in [-0.15, -0.1) is 0 Å². The number of rotatable bonds is 6. The van der Waals surface area contributed by atoms with E-state index in [9.17, 15) is 14.4 Å². The number of nitrogens with zero attached hydrogens (tertiary/aromatic N) is 2. The fourth-order valence-electron chi connectivity index (χ4n) is 4.06. The second kappa shape index (κ2) is 9.79. The molecular formula is C23H23Cl2N3O4. The number of amides is 3. The first-order chi connectivity index (χ1) is 15.4. The Morgan fingerprint density at radius 3 is 2.41 bits per heavy atom. The van der Waals surface area contributed by atoms with Gasteiger partial charge in [-0.25, -0.2) is 0 Å². The van der Waals surface area contributed by atoms with E-state index in [-0.39, 0.29) is 24.3 Å². The number of benzene rings is 2. The van der Waals surface area contributed by atoms with Crippen molar-refractivity contribution < 1.29 is 19.1 Å². The van der Waals surface area contributed by atoms with Gasteiger partial charge in [0.15, 0.2) is 6.61 Å². The SMILES string of the molecule is O=C(Nc1cc(Cl)cc(Cl)c1)C1CCCN1C(=O)COc1ccc(N2CCCC2=O)cc1. The van der Waals surface area contributed by atoms with E-state index >= 15 is 0 Å². The van der Waals surface area contributed by atoms with E-state index < -0.39 is 6.04 Å². The van der Waals surface area contributed by atoms with Gasteiger partial charge in [-0.3, -0.25) is 14.4 Å². The van der Waals surface area contributed by atoms with Gasteiger partial charge in [0.1, 0.15) is 11.8 Å². The van der Waals surface area contributed by atoms with Crippen molar-refractivity contribution in [2.45, 2.75) is 31.7 Å². The lowest BCUT2D eigenvalue weighted by Gasteiger charge is -2.24. The van der Waals surface area contributed by atoms with Gasteiger partial charge < -0.3 is 19.9 Å². The number of hydrogen-bond acceptors (Lipinski definition) is 4. The molecule has 0 aromatic heterocycles. The summed E-state index contributed by atoms with van der Waals surface area (Å²) in [6.07, 6.45) is 2.74. The zero-order valence-electron chi connectivity index (χ0n) is 17.4. The van der Waals surface area contributed by atoms with Crippen molar-refractivity contribution in [3.63, 3.8) is 0 Å². The Kier molecular flexibility index (Phi) is 6.86. The van der Waals surface area contributed by atoms with Crippen molar-refractivity contribution in [3.05, 3.63) is 52.5 Å². The van der Waals surface area contributed by atoms with Crippen molar-refractivity contribution in [2.24, 2.45) is 0 Å². The minimum absolute atomic E-state index is 0.118. The van der Waals surface area contributed by atoms with Crippen LogP contribution in [0, 0.1) is 0 Å². The molecule has 9 heteroatoms. The van der Waals surface area contributed by atoms with Gasteiger partial charge >= 0.3 is 0 Å². The third-order valence-corrected chi connectivity index (χ3v) is 6.03. The van der Waals surface area contributed by atoms with Crippen LogP contribution in [0.3, 0.4) is 0 Å². The molecule has 2 aromatic carbocycles. The molecule has 0 radical (unpaired) electrons. The van der Waals surface area contributed by atoms with Crippen molar-refractivity contribution in [2.75, 3.05) is 29.9 Å². The number of hydrogen-bond donors (Lipinski definition) is 1. The van der Waals surface area contributed by atoms with Crippen LogP contribution in [0.5, 0.6) is 5.75 Å². The molecule has 2 aliphatic heterocycles. The van der Waals surface area contributed by atoms with E-state index in [0.29, 0.717) is 40.9 Å². The number of likely N-dealkylation sites (tertiary alicyclic amines) is 1. The fraction of sp³-hybridized carbons (Fsp3) is 0.348. The summed E-state index contributed by atoms with van der Waals surface area (Å²) in [6, 6.07) is 11.3. The Morgan fingerprint density at radius 2 is 1.75 bits per heavy atom. The molecule has 0 spiro atoms. The van der Waals surface area contributed by atoms with Crippen molar-refractivity contribution in [3.8, 4) is 5.75 Å². The number of halogens is 2. The van der Waals surface area contributed by atoms with E-state index in [1.165, 1.54) is 0 Å². The van der Waals surface area contributed by atoms with Crippen LogP contribution in [0.1, 0.15) is 25.7 Å². The van der Waals surface area contributed by atoms with Crippen molar-refractivity contribution in [1.82, 2.24) is 4.90 Å². The first-order valence-electron chi connectivity index (χ1n) is 10.5. The van der Waals surface area contributed by atoms with E-state index in [4.69, 9.17) is 27.9 Å². The van der Waals surface area contributed by atoms with Crippen molar-refractivity contribution >= 4 is 52.3 Å². The van der Waals surface area contributed by atoms with E-state index in [2.05, 4.69) is 5.32 Å². The maximum atomic E-state index is 12.8. The smallest absolute Gasteiger partial charge is 0.261 e. The standard InChI is InChI=1S/C23H23Cl2N3O4/c24-15-11-16(25)13-17(12-15)26-23(31)20-3-1-10-28(20)22(30)14-32-19-7-5-18(6-8-19)27-9-2-4-21(27)29/h5-8,11-13,20H,1-4,9-10,14H2,(H,26,31). The zero-order valence-corrected chi connectivity index (χ0v) is 18.9. The summed E-state index contributed by atoms with van der Waals surface area (Å²) in [7, 11) is 0. The van der Waals surface area contributed by atoms with Crippen LogP contribution in [0.15, 0.2) is 42.5 Å². The maximum absolute atomic E-state index is 12.8. The van der Waals surface area contributed by atoms with Gasteiger partial charge in [0.25, 0.3) is 5.91 Å². The monoisotopic (exact) mass is 475 g/mol. The third kappa shape index (κ3) is 5.16. The summed E-state index contributed by atoms with van der Waals surface area (Å²) in [5.41, 5.74) is 1.31. The molecule has 1 N–H and O–H groups in total. The van der Waals surface area contributed by atoms with Gasteiger partial charge in [0, 0.05) is 40.9 Å². The molecule has 0 saturated carbocycles. The molecule has 2 heterocycles. The number of nitrogens with one attached hydrogen (secondary N) is 1. The van der Waals surface area contributed by atoms with Gasteiger partial charge in [-0.1, -0.05) is 23.2 Å². The van der Waals surface area contributed by atoms with Crippen LogP contribution in [0.4, 0.5) is 11.4 Å². The van der Waals surface area contributed by atoms with Gasteiger partial charge in [0.2, 0.25) is 11.8 Å². The molecule has 168 valence electrons. The predicted molar refractivity (Wildman–Crippen MR) is 123 cm³/mol. The first kappa shape index (κ1) is 22.4. The normalized spacial score (nSPS) is 18.2. The molecule has 2 saturated heterocycles. The molecule has 1 unspecified atom stereocenters. The molecule has 4 rings (SSSR count). The lowest BCUT2D eigenvalue weighted by atomic mass is 10.2. The second-order valence-electron chi connectivity index (χ2n) is 7.82. The highest BCUT2D eigenvalue weighted by Gasteiger charge is 2.34. The highest BCUT2D eigenvalue weighted by molar-refractivity contribution is 6.35. The molecule has 1 atom stereocenters. The third-order valence-electron chi connectivity index (χ3n) is 5.59. The van der Waals surface area contributed by atoms with Crippen LogP contribution >= 0.6 is 23.2 Å². The molecule has 32 heavy (non-hydrogen) atoms. The number of carbonyl (C=O) groups is 3. The summed E-state index contributed by atoms with van der Waals surface area (Å²) >= 11 is 12.0. The minimum atomic E-state index is -0.576. The van der Waals surface area contributed by atoms with Crippen LogP contribution < -0.4 is 15.0 Å². The lowest BCUT2D eigenvalue weighted by molar-refractivity contribution is -0.138. The molecule has 2 fully saturated rings. The highest BCUT2D eigenvalue weighted by Crippen LogP contribution is 2.26. The Morgan fingerprint density at radius 1 is 1.03 bits per heavy atom. The Hall–Kier alpha value is -2.77. The van der Waals surface area contributed by atoms with Gasteiger partial charge in [-0.05, 0) is 61.7 Å². The number of ether oxygens (including phenoxy) is 1. The molecular weight excluding hydrogens is 453 g/mol. The van der Waals surface area contributed by atoms with Crippen LogP contribution in [-0.4, -0.2) is 48.4 Å². The van der Waals surface area contributed by atoms with E-state index in [0.717, 1.165) is 25.1 Å². The second-order valence-corrected chi connectivity index (χ2v) is 8.70. The Labute approximate surface area is 196 Å². The molecule has 2 aliphatic rings.